The lowest BCUT2D eigenvalue weighted by Gasteiger charge is -2.08. The van der Waals surface area contributed by atoms with Crippen molar-refractivity contribution in [2.75, 3.05) is 17.8 Å². The number of alkyl halides is 1. The highest BCUT2D eigenvalue weighted by Crippen LogP contribution is 2.18. The van der Waals surface area contributed by atoms with Gasteiger partial charge >= 0.3 is 0 Å². The Balaban J connectivity index is 2.01. The van der Waals surface area contributed by atoms with Gasteiger partial charge in [-0.25, -0.2) is 9.97 Å². The van der Waals surface area contributed by atoms with Gasteiger partial charge in [0.2, 0.25) is 5.88 Å². The number of ether oxygens (including phenoxy) is 1. The van der Waals surface area contributed by atoms with Crippen LogP contribution in [0.4, 0.5) is 11.5 Å². The quantitative estimate of drug-likeness (QED) is 0.789. The molecule has 0 atom stereocenters. The lowest BCUT2D eigenvalue weighted by Crippen LogP contribution is -2.00. The summed E-state index contributed by atoms with van der Waals surface area (Å²) in [5.74, 6) is 1.94. The van der Waals surface area contributed by atoms with E-state index in [-0.39, 0.29) is 0 Å². The van der Waals surface area contributed by atoms with Crippen LogP contribution in [-0.4, -0.2) is 22.5 Å². The summed E-state index contributed by atoms with van der Waals surface area (Å²) < 4.78 is 5.48. The van der Waals surface area contributed by atoms with E-state index in [1.165, 1.54) is 11.9 Å². The first kappa shape index (κ1) is 14.6. The third-order valence-electron chi connectivity index (χ3n) is 2.71. The standard InChI is InChI=1S/C15H18ClN3O/c1-2-9-20-15-10-14(17-11-18-15)19-13-5-3-12(4-6-13)7-8-16/h3-6,10-11H,2,7-9H2,1H3,(H,17,18,19). The summed E-state index contributed by atoms with van der Waals surface area (Å²) in [6, 6.07) is 9.93. The van der Waals surface area contributed by atoms with Gasteiger partial charge in [0.25, 0.3) is 0 Å². The van der Waals surface area contributed by atoms with Gasteiger partial charge in [-0.3, -0.25) is 0 Å². The van der Waals surface area contributed by atoms with Gasteiger partial charge in [-0.05, 0) is 30.5 Å². The normalized spacial score (nSPS) is 10.3. The minimum absolute atomic E-state index is 0.586. The molecule has 2 rings (SSSR count). The zero-order valence-electron chi connectivity index (χ0n) is 11.5. The van der Waals surface area contributed by atoms with Crippen LogP contribution in [0, 0.1) is 0 Å². The lowest BCUT2D eigenvalue weighted by atomic mass is 10.1. The molecule has 0 saturated heterocycles. The molecule has 0 aliphatic heterocycles. The van der Waals surface area contributed by atoms with Crippen molar-refractivity contribution in [1.29, 1.82) is 0 Å². The Morgan fingerprint density at radius 2 is 2.00 bits per heavy atom. The van der Waals surface area contributed by atoms with Gasteiger partial charge in [0, 0.05) is 17.6 Å². The van der Waals surface area contributed by atoms with E-state index in [0.29, 0.717) is 18.4 Å². The van der Waals surface area contributed by atoms with Crippen LogP contribution in [0.2, 0.25) is 0 Å². The predicted molar refractivity (Wildman–Crippen MR) is 82.0 cm³/mol. The highest BCUT2D eigenvalue weighted by Gasteiger charge is 2.01. The largest absolute Gasteiger partial charge is 0.478 e. The Morgan fingerprint density at radius 3 is 2.70 bits per heavy atom. The number of halogens is 1. The molecule has 4 nitrogen and oxygen atoms in total. The SMILES string of the molecule is CCCOc1cc(Nc2ccc(CCCl)cc2)ncn1. The minimum Gasteiger partial charge on any atom is -0.478 e. The Bertz CT molecular complexity index is 531. The molecule has 0 amide bonds. The summed E-state index contributed by atoms with van der Waals surface area (Å²) in [4.78, 5) is 8.25. The van der Waals surface area contributed by atoms with Gasteiger partial charge in [0.1, 0.15) is 12.1 Å². The molecule has 0 fully saturated rings. The van der Waals surface area contributed by atoms with Crippen LogP contribution >= 0.6 is 11.6 Å². The number of aryl methyl sites for hydroxylation is 1. The number of benzene rings is 1. The summed E-state index contributed by atoms with van der Waals surface area (Å²) in [5.41, 5.74) is 2.20. The third kappa shape index (κ3) is 4.38. The van der Waals surface area contributed by atoms with Gasteiger partial charge in [-0.2, -0.15) is 0 Å². The number of anilines is 2. The first-order valence-electron chi connectivity index (χ1n) is 6.68. The van der Waals surface area contributed by atoms with Crippen molar-refractivity contribution in [2.45, 2.75) is 19.8 Å². The van der Waals surface area contributed by atoms with Gasteiger partial charge in [0.05, 0.1) is 6.61 Å². The van der Waals surface area contributed by atoms with E-state index in [4.69, 9.17) is 16.3 Å². The van der Waals surface area contributed by atoms with E-state index in [9.17, 15) is 0 Å². The molecular formula is C15H18ClN3O. The first-order chi connectivity index (χ1) is 9.81. The zero-order chi connectivity index (χ0) is 14.2. The van der Waals surface area contributed by atoms with Crippen LogP contribution in [-0.2, 0) is 6.42 Å². The Hall–Kier alpha value is -1.81. The second-order valence-electron chi connectivity index (χ2n) is 4.35. The fourth-order valence-corrected chi connectivity index (χ4v) is 1.92. The smallest absolute Gasteiger partial charge is 0.218 e. The molecule has 0 spiro atoms. The molecular weight excluding hydrogens is 274 g/mol. The lowest BCUT2D eigenvalue weighted by molar-refractivity contribution is 0.305. The van der Waals surface area contributed by atoms with Crippen molar-refractivity contribution in [2.24, 2.45) is 0 Å². The Kier molecular flexibility index (Phi) is 5.62. The molecule has 0 bridgehead atoms. The average molecular weight is 292 g/mol. The molecule has 1 N–H and O–H groups in total. The molecule has 1 aromatic carbocycles. The van der Waals surface area contributed by atoms with E-state index in [1.807, 2.05) is 12.1 Å². The highest BCUT2D eigenvalue weighted by atomic mass is 35.5. The molecule has 0 unspecified atom stereocenters. The van der Waals surface area contributed by atoms with Crippen molar-refractivity contribution in [3.05, 3.63) is 42.2 Å². The van der Waals surface area contributed by atoms with Crippen molar-refractivity contribution < 1.29 is 4.74 Å². The second kappa shape index (κ2) is 7.70. The number of aromatic nitrogens is 2. The zero-order valence-corrected chi connectivity index (χ0v) is 12.2. The maximum absolute atomic E-state index is 5.72. The van der Waals surface area contributed by atoms with E-state index in [1.54, 1.807) is 6.07 Å². The summed E-state index contributed by atoms with van der Waals surface area (Å²) in [5, 5.41) is 3.23. The molecule has 0 saturated carbocycles. The van der Waals surface area contributed by atoms with Crippen LogP contribution in [0.3, 0.4) is 0 Å². The molecule has 1 heterocycles. The molecule has 0 radical (unpaired) electrons. The summed E-state index contributed by atoms with van der Waals surface area (Å²) >= 11 is 5.72. The van der Waals surface area contributed by atoms with Crippen LogP contribution in [0.25, 0.3) is 0 Å². The van der Waals surface area contributed by atoms with Crippen LogP contribution in [0.1, 0.15) is 18.9 Å². The van der Waals surface area contributed by atoms with E-state index < -0.39 is 0 Å². The van der Waals surface area contributed by atoms with Crippen LogP contribution in [0.5, 0.6) is 5.88 Å². The number of nitrogens with zero attached hydrogens (tertiary/aromatic N) is 2. The van der Waals surface area contributed by atoms with Crippen molar-refractivity contribution in [3.8, 4) is 5.88 Å². The van der Waals surface area contributed by atoms with Crippen LogP contribution < -0.4 is 10.1 Å². The third-order valence-corrected chi connectivity index (χ3v) is 2.89. The molecule has 2 aromatic rings. The van der Waals surface area contributed by atoms with Crippen molar-refractivity contribution >= 4 is 23.1 Å². The van der Waals surface area contributed by atoms with E-state index in [2.05, 4.69) is 34.3 Å². The van der Waals surface area contributed by atoms with Crippen molar-refractivity contribution in [1.82, 2.24) is 9.97 Å². The topological polar surface area (TPSA) is 47.0 Å². The number of nitrogens with one attached hydrogen (secondary N) is 1. The molecule has 1 aromatic heterocycles. The maximum atomic E-state index is 5.72. The van der Waals surface area contributed by atoms with Crippen molar-refractivity contribution in [3.63, 3.8) is 0 Å². The summed E-state index contributed by atoms with van der Waals surface area (Å²) in [6.45, 7) is 2.71. The van der Waals surface area contributed by atoms with Gasteiger partial charge < -0.3 is 10.1 Å². The minimum atomic E-state index is 0.586. The molecule has 106 valence electrons. The number of hydrogen-bond donors (Lipinski definition) is 1. The predicted octanol–water partition coefficient (Wildman–Crippen LogP) is 3.79. The Morgan fingerprint density at radius 1 is 1.20 bits per heavy atom. The van der Waals surface area contributed by atoms with Crippen LogP contribution in [0.15, 0.2) is 36.7 Å². The van der Waals surface area contributed by atoms with Gasteiger partial charge in [0.15, 0.2) is 0 Å². The second-order valence-corrected chi connectivity index (χ2v) is 4.73. The molecule has 20 heavy (non-hydrogen) atoms. The fraction of sp³-hybridized carbons (Fsp3) is 0.333. The number of hydrogen-bond acceptors (Lipinski definition) is 4. The van der Waals surface area contributed by atoms with E-state index in [0.717, 1.165) is 24.3 Å². The monoisotopic (exact) mass is 291 g/mol. The average Bonchev–Trinajstić information content (AvgIpc) is 2.48. The number of rotatable bonds is 7. The Labute approximate surface area is 124 Å². The van der Waals surface area contributed by atoms with E-state index >= 15 is 0 Å². The molecule has 0 aliphatic carbocycles. The summed E-state index contributed by atoms with van der Waals surface area (Å²) in [7, 11) is 0. The molecule has 0 aliphatic rings. The van der Waals surface area contributed by atoms with Gasteiger partial charge in [-0.15, -0.1) is 11.6 Å². The fourth-order valence-electron chi connectivity index (χ4n) is 1.71. The maximum Gasteiger partial charge on any atom is 0.218 e. The molecule has 5 heteroatoms. The van der Waals surface area contributed by atoms with Gasteiger partial charge in [-0.1, -0.05) is 19.1 Å². The highest BCUT2D eigenvalue weighted by molar-refractivity contribution is 6.17. The summed E-state index contributed by atoms with van der Waals surface area (Å²) in [6.07, 6.45) is 3.33. The first-order valence-corrected chi connectivity index (χ1v) is 7.22.